The second kappa shape index (κ2) is 3.99. The van der Waals surface area contributed by atoms with Crippen LogP contribution in [0, 0.1) is 0 Å². The Morgan fingerprint density at radius 2 is 2.08 bits per heavy atom. The third-order valence-electron chi connectivity index (χ3n) is 1.80. The molecule has 1 aromatic rings. The summed E-state index contributed by atoms with van der Waals surface area (Å²) in [4.78, 5) is 11.0. The maximum Gasteiger partial charge on any atom is 0.251 e. The Bertz CT molecular complexity index is 350. The van der Waals surface area contributed by atoms with Gasteiger partial charge in [-0.25, -0.2) is 0 Å². The van der Waals surface area contributed by atoms with Crippen molar-refractivity contribution in [1.82, 2.24) is 0 Å². The number of amides is 1. The molecule has 13 heavy (non-hydrogen) atoms. The van der Waals surface area contributed by atoms with E-state index in [1.165, 1.54) is 0 Å². The molecule has 2 N–H and O–H groups in total. The molecular weight excluding hydrogens is 209 g/mol. The second-order valence-electron chi connectivity index (χ2n) is 2.61. The van der Waals surface area contributed by atoms with E-state index < -0.39 is 5.91 Å². The van der Waals surface area contributed by atoms with Crippen molar-refractivity contribution in [2.75, 3.05) is 0 Å². The molecule has 0 fully saturated rings. The first-order chi connectivity index (χ1) is 6.07. The average molecular weight is 218 g/mol. The monoisotopic (exact) mass is 217 g/mol. The minimum absolute atomic E-state index is 0.211. The van der Waals surface area contributed by atoms with Crippen LogP contribution in [0.1, 0.15) is 22.8 Å². The number of rotatable bonds is 2. The molecule has 0 aromatic heterocycles. The Morgan fingerprint density at radius 1 is 1.46 bits per heavy atom. The fraction of sp³-hybridized carbons (Fsp3) is 0.222. The smallest absolute Gasteiger partial charge is 0.251 e. The standard InChI is InChI=1S/C9H9Cl2NO/c1-2-5-3-4-6(10)7(8(5)11)9(12)13/h3-4H,2H2,1H3,(H2,12,13). The summed E-state index contributed by atoms with van der Waals surface area (Å²) in [6.07, 6.45) is 0.746. The fourth-order valence-corrected chi connectivity index (χ4v) is 1.79. The maximum atomic E-state index is 11.0. The minimum Gasteiger partial charge on any atom is -0.366 e. The van der Waals surface area contributed by atoms with Crippen molar-refractivity contribution in [2.45, 2.75) is 13.3 Å². The largest absolute Gasteiger partial charge is 0.366 e. The lowest BCUT2D eigenvalue weighted by Crippen LogP contribution is -2.13. The van der Waals surface area contributed by atoms with E-state index in [4.69, 9.17) is 28.9 Å². The molecule has 0 unspecified atom stereocenters. The van der Waals surface area contributed by atoms with Crippen molar-refractivity contribution in [3.05, 3.63) is 33.3 Å². The van der Waals surface area contributed by atoms with Gasteiger partial charge in [-0.15, -0.1) is 0 Å². The lowest BCUT2D eigenvalue weighted by molar-refractivity contribution is 0.100. The summed E-state index contributed by atoms with van der Waals surface area (Å²) in [6.45, 7) is 1.94. The fourth-order valence-electron chi connectivity index (χ4n) is 1.09. The molecule has 0 saturated carbocycles. The van der Waals surface area contributed by atoms with Crippen LogP contribution in [0.4, 0.5) is 0 Å². The van der Waals surface area contributed by atoms with Crippen LogP contribution < -0.4 is 5.73 Å². The Hall–Kier alpha value is -0.730. The number of carbonyl (C=O) groups is 1. The molecule has 0 atom stereocenters. The molecule has 4 heteroatoms. The highest BCUT2D eigenvalue weighted by Crippen LogP contribution is 2.27. The van der Waals surface area contributed by atoms with Crippen LogP contribution in [-0.4, -0.2) is 5.91 Å². The van der Waals surface area contributed by atoms with Crippen molar-refractivity contribution in [3.8, 4) is 0 Å². The highest BCUT2D eigenvalue weighted by molar-refractivity contribution is 6.40. The van der Waals surface area contributed by atoms with Gasteiger partial charge in [-0.05, 0) is 18.1 Å². The van der Waals surface area contributed by atoms with Gasteiger partial charge in [0, 0.05) is 0 Å². The predicted molar refractivity (Wildman–Crippen MR) is 54.4 cm³/mol. The molecule has 1 amide bonds. The van der Waals surface area contributed by atoms with Gasteiger partial charge in [0.15, 0.2) is 0 Å². The number of nitrogens with two attached hydrogens (primary N) is 1. The van der Waals surface area contributed by atoms with E-state index >= 15 is 0 Å². The summed E-state index contributed by atoms with van der Waals surface area (Å²) in [5.74, 6) is -0.592. The van der Waals surface area contributed by atoms with Gasteiger partial charge in [0.1, 0.15) is 0 Å². The summed E-state index contributed by atoms with van der Waals surface area (Å²) >= 11 is 11.7. The number of primary amides is 1. The van der Waals surface area contributed by atoms with Gasteiger partial charge in [0.05, 0.1) is 15.6 Å². The van der Waals surface area contributed by atoms with Gasteiger partial charge in [-0.3, -0.25) is 4.79 Å². The Balaban J connectivity index is 3.38. The highest BCUT2D eigenvalue weighted by atomic mass is 35.5. The zero-order valence-corrected chi connectivity index (χ0v) is 8.62. The summed E-state index contributed by atoms with van der Waals surface area (Å²) in [5.41, 5.74) is 6.22. The molecule has 2 nitrogen and oxygen atoms in total. The normalized spacial score (nSPS) is 10.1. The van der Waals surface area contributed by atoms with E-state index in [9.17, 15) is 4.79 Å². The molecule has 0 saturated heterocycles. The van der Waals surface area contributed by atoms with E-state index in [0.29, 0.717) is 10.0 Å². The van der Waals surface area contributed by atoms with Gasteiger partial charge < -0.3 is 5.73 Å². The van der Waals surface area contributed by atoms with Crippen molar-refractivity contribution >= 4 is 29.1 Å². The number of carbonyl (C=O) groups excluding carboxylic acids is 1. The predicted octanol–water partition coefficient (Wildman–Crippen LogP) is 2.65. The van der Waals surface area contributed by atoms with Crippen LogP contribution in [-0.2, 0) is 6.42 Å². The highest BCUT2D eigenvalue weighted by Gasteiger charge is 2.13. The van der Waals surface area contributed by atoms with Crippen molar-refractivity contribution < 1.29 is 4.79 Å². The van der Waals surface area contributed by atoms with E-state index in [0.717, 1.165) is 12.0 Å². The summed E-state index contributed by atoms with van der Waals surface area (Å²) in [7, 11) is 0. The van der Waals surface area contributed by atoms with Gasteiger partial charge in [-0.2, -0.15) is 0 Å². The molecule has 0 spiro atoms. The molecule has 0 bridgehead atoms. The molecule has 1 rings (SSSR count). The lowest BCUT2D eigenvalue weighted by atomic mass is 10.1. The van der Waals surface area contributed by atoms with Crippen LogP contribution in [0.2, 0.25) is 10.0 Å². The molecule has 1 aromatic carbocycles. The Kier molecular flexibility index (Phi) is 3.17. The number of hydrogen-bond acceptors (Lipinski definition) is 1. The maximum absolute atomic E-state index is 11.0. The number of benzene rings is 1. The molecule has 70 valence electrons. The summed E-state index contributed by atoms with van der Waals surface area (Å²) < 4.78 is 0. The first kappa shape index (κ1) is 10.4. The van der Waals surface area contributed by atoms with Crippen LogP contribution >= 0.6 is 23.2 Å². The lowest BCUT2D eigenvalue weighted by Gasteiger charge is -2.06. The Morgan fingerprint density at radius 3 is 2.54 bits per heavy atom. The van der Waals surface area contributed by atoms with Gasteiger partial charge in [-0.1, -0.05) is 36.2 Å². The molecule has 0 aliphatic rings. The van der Waals surface area contributed by atoms with E-state index in [1.807, 2.05) is 6.92 Å². The summed E-state index contributed by atoms with van der Waals surface area (Å²) in [6, 6.07) is 3.42. The van der Waals surface area contributed by atoms with Crippen LogP contribution in [0.25, 0.3) is 0 Å². The van der Waals surface area contributed by atoms with E-state index in [-0.39, 0.29) is 5.56 Å². The van der Waals surface area contributed by atoms with Gasteiger partial charge in [0.25, 0.3) is 5.91 Å². The second-order valence-corrected chi connectivity index (χ2v) is 3.40. The van der Waals surface area contributed by atoms with Crippen LogP contribution in [0.3, 0.4) is 0 Å². The van der Waals surface area contributed by atoms with Gasteiger partial charge in [0.2, 0.25) is 0 Å². The first-order valence-corrected chi connectivity index (χ1v) is 4.60. The van der Waals surface area contributed by atoms with Crippen molar-refractivity contribution in [1.29, 1.82) is 0 Å². The van der Waals surface area contributed by atoms with E-state index in [2.05, 4.69) is 0 Å². The number of halogens is 2. The van der Waals surface area contributed by atoms with Crippen LogP contribution in [0.15, 0.2) is 12.1 Å². The third kappa shape index (κ3) is 1.95. The third-order valence-corrected chi connectivity index (χ3v) is 2.55. The SMILES string of the molecule is CCc1ccc(Cl)c(C(N)=O)c1Cl. The van der Waals surface area contributed by atoms with Crippen molar-refractivity contribution in [3.63, 3.8) is 0 Å². The minimum atomic E-state index is -0.592. The topological polar surface area (TPSA) is 43.1 Å². The van der Waals surface area contributed by atoms with Crippen LogP contribution in [0.5, 0.6) is 0 Å². The Labute approximate surface area is 86.6 Å². The number of hydrogen-bond donors (Lipinski definition) is 1. The van der Waals surface area contributed by atoms with E-state index in [1.54, 1.807) is 12.1 Å². The molecule has 0 aliphatic heterocycles. The molecule has 0 aliphatic carbocycles. The first-order valence-electron chi connectivity index (χ1n) is 3.84. The average Bonchev–Trinajstić information content (AvgIpc) is 2.04. The zero-order chi connectivity index (χ0) is 10.0. The quantitative estimate of drug-likeness (QED) is 0.814. The molecule has 0 radical (unpaired) electrons. The number of aryl methyl sites for hydroxylation is 1. The molecule has 0 heterocycles. The molecular formula is C9H9Cl2NO. The zero-order valence-electron chi connectivity index (χ0n) is 7.10. The van der Waals surface area contributed by atoms with Gasteiger partial charge >= 0.3 is 0 Å². The summed E-state index contributed by atoms with van der Waals surface area (Å²) in [5, 5.41) is 0.664. The van der Waals surface area contributed by atoms with Crippen molar-refractivity contribution in [2.24, 2.45) is 5.73 Å².